The SMILES string of the molecule is CCc1cc(S(=O)(=O)O)c(N=Nc2c(O)c(C(=O)Nc3ccc(OC)cc3Cl)cc3ccccc23)cc1Cl. The molecule has 0 atom stereocenters. The fraction of sp³-hybridized carbons (Fsp3) is 0.115. The van der Waals surface area contributed by atoms with E-state index >= 15 is 0 Å². The lowest BCUT2D eigenvalue weighted by atomic mass is 10.0. The van der Waals surface area contributed by atoms with Gasteiger partial charge in [0.25, 0.3) is 16.0 Å². The van der Waals surface area contributed by atoms with Crippen molar-refractivity contribution in [2.75, 3.05) is 12.4 Å². The summed E-state index contributed by atoms with van der Waals surface area (Å²) in [6.07, 6.45) is 0.416. The molecule has 0 bridgehead atoms. The van der Waals surface area contributed by atoms with Crippen molar-refractivity contribution in [1.82, 2.24) is 0 Å². The number of phenolic OH excluding ortho intramolecular Hbond substituents is 1. The van der Waals surface area contributed by atoms with E-state index in [1.165, 1.54) is 31.4 Å². The number of carbonyl (C=O) groups excluding carboxylic acids is 1. The summed E-state index contributed by atoms with van der Waals surface area (Å²) in [5.74, 6) is -0.675. The van der Waals surface area contributed by atoms with Crippen LogP contribution in [0.25, 0.3) is 10.8 Å². The summed E-state index contributed by atoms with van der Waals surface area (Å²) in [5, 5.41) is 23.2. The van der Waals surface area contributed by atoms with E-state index in [4.69, 9.17) is 27.9 Å². The number of phenols is 1. The molecule has 3 N–H and O–H groups in total. The zero-order valence-corrected chi connectivity index (χ0v) is 22.4. The first kappa shape index (κ1) is 27.3. The van der Waals surface area contributed by atoms with Crippen LogP contribution in [-0.4, -0.2) is 31.1 Å². The number of amides is 1. The van der Waals surface area contributed by atoms with Gasteiger partial charge < -0.3 is 15.2 Å². The maximum atomic E-state index is 13.1. The Morgan fingerprint density at radius 3 is 2.42 bits per heavy atom. The van der Waals surface area contributed by atoms with Gasteiger partial charge in [0.1, 0.15) is 22.0 Å². The van der Waals surface area contributed by atoms with Gasteiger partial charge in [0.05, 0.1) is 23.4 Å². The van der Waals surface area contributed by atoms with E-state index in [0.717, 1.165) is 0 Å². The summed E-state index contributed by atoms with van der Waals surface area (Å²) in [4.78, 5) is 12.7. The minimum Gasteiger partial charge on any atom is -0.505 e. The van der Waals surface area contributed by atoms with Crippen LogP contribution in [-0.2, 0) is 16.5 Å². The molecule has 0 aromatic heterocycles. The van der Waals surface area contributed by atoms with Crippen LogP contribution in [0.1, 0.15) is 22.8 Å². The van der Waals surface area contributed by atoms with E-state index in [-0.39, 0.29) is 32.7 Å². The van der Waals surface area contributed by atoms with Crippen LogP contribution in [0.4, 0.5) is 17.1 Å². The summed E-state index contributed by atoms with van der Waals surface area (Å²) >= 11 is 12.5. The van der Waals surface area contributed by atoms with E-state index in [9.17, 15) is 22.9 Å². The number of rotatable bonds is 7. The van der Waals surface area contributed by atoms with Crippen molar-refractivity contribution in [3.63, 3.8) is 0 Å². The van der Waals surface area contributed by atoms with E-state index in [1.807, 2.05) is 0 Å². The van der Waals surface area contributed by atoms with Crippen molar-refractivity contribution < 1.29 is 27.6 Å². The van der Waals surface area contributed by atoms with Crippen LogP contribution >= 0.6 is 23.2 Å². The topological polar surface area (TPSA) is 138 Å². The second-order valence-corrected chi connectivity index (χ2v) is 10.3. The number of azo groups is 1. The molecule has 38 heavy (non-hydrogen) atoms. The number of nitrogens with zero attached hydrogens (tertiary/aromatic N) is 2. The number of carbonyl (C=O) groups is 1. The molecule has 0 fully saturated rings. The van der Waals surface area contributed by atoms with Crippen LogP contribution in [0.2, 0.25) is 10.0 Å². The minimum atomic E-state index is -4.67. The highest BCUT2D eigenvalue weighted by Crippen LogP contribution is 2.41. The molecule has 4 aromatic rings. The van der Waals surface area contributed by atoms with E-state index in [1.54, 1.807) is 43.3 Å². The van der Waals surface area contributed by atoms with Gasteiger partial charge >= 0.3 is 0 Å². The summed E-state index contributed by atoms with van der Waals surface area (Å²) < 4.78 is 38.8. The maximum absolute atomic E-state index is 13.1. The number of anilines is 1. The number of hydrogen-bond acceptors (Lipinski definition) is 7. The third-order valence-corrected chi connectivity index (χ3v) is 7.26. The first-order valence-electron chi connectivity index (χ1n) is 11.1. The van der Waals surface area contributed by atoms with Crippen molar-refractivity contribution in [1.29, 1.82) is 0 Å². The predicted octanol–water partition coefficient (Wildman–Crippen LogP) is 7.34. The number of fused-ring (bicyclic) bond motifs is 1. The van der Waals surface area contributed by atoms with Crippen molar-refractivity contribution in [3.05, 3.63) is 81.8 Å². The van der Waals surface area contributed by atoms with Gasteiger partial charge in [-0.2, -0.15) is 8.42 Å². The van der Waals surface area contributed by atoms with Gasteiger partial charge in [-0.05, 0) is 47.7 Å². The highest BCUT2D eigenvalue weighted by atomic mass is 35.5. The molecule has 196 valence electrons. The zero-order valence-electron chi connectivity index (χ0n) is 20.1. The predicted molar refractivity (Wildman–Crippen MR) is 146 cm³/mol. The highest BCUT2D eigenvalue weighted by Gasteiger charge is 2.21. The fourth-order valence-electron chi connectivity index (χ4n) is 3.75. The Bertz CT molecular complexity index is 1710. The molecular weight excluding hydrogens is 553 g/mol. The number of ether oxygens (including phenoxy) is 1. The van der Waals surface area contributed by atoms with Gasteiger partial charge in [-0.25, -0.2) is 0 Å². The minimum absolute atomic E-state index is 0.0916. The largest absolute Gasteiger partial charge is 0.505 e. The normalized spacial score (nSPS) is 11.7. The molecule has 4 rings (SSSR count). The lowest BCUT2D eigenvalue weighted by Crippen LogP contribution is -2.12. The third-order valence-electron chi connectivity index (χ3n) is 5.71. The molecule has 0 aliphatic rings. The van der Waals surface area contributed by atoms with Crippen molar-refractivity contribution in [2.24, 2.45) is 10.2 Å². The van der Waals surface area contributed by atoms with Crippen LogP contribution in [0.15, 0.2) is 75.8 Å². The second kappa shape index (κ2) is 11.0. The fourth-order valence-corrected chi connectivity index (χ4v) is 4.91. The Morgan fingerprint density at radius 1 is 1.03 bits per heavy atom. The summed E-state index contributed by atoms with van der Waals surface area (Å²) in [5.41, 5.74) is 0.321. The molecule has 0 saturated carbocycles. The maximum Gasteiger partial charge on any atom is 0.296 e. The Balaban J connectivity index is 1.82. The third kappa shape index (κ3) is 5.58. The number of aryl methyl sites for hydroxylation is 1. The standard InChI is InChI=1S/C26H21Cl2N3O6S/c1-3-14-11-23(38(34,35)36)22(13-19(14)27)30-31-24-17-7-5-4-6-15(17)10-18(25(24)32)26(33)29-21-9-8-16(37-2)12-20(21)28/h4-13,32H,3H2,1-2H3,(H,29,33)(H,34,35,36). The highest BCUT2D eigenvalue weighted by molar-refractivity contribution is 7.86. The molecule has 9 nitrogen and oxygen atoms in total. The van der Waals surface area contributed by atoms with Gasteiger partial charge in [-0.15, -0.1) is 10.2 Å². The number of nitrogens with one attached hydrogen (secondary N) is 1. The molecule has 12 heteroatoms. The van der Waals surface area contributed by atoms with Crippen molar-refractivity contribution >= 4 is 67.1 Å². The Kier molecular flexibility index (Phi) is 7.89. The van der Waals surface area contributed by atoms with Crippen LogP contribution in [0.3, 0.4) is 0 Å². The van der Waals surface area contributed by atoms with Gasteiger partial charge in [0.2, 0.25) is 0 Å². The molecule has 1 amide bonds. The number of benzene rings is 4. The Hall–Kier alpha value is -3.70. The first-order chi connectivity index (χ1) is 18.0. The Labute approximate surface area is 228 Å². The average Bonchev–Trinajstić information content (AvgIpc) is 2.88. The lowest BCUT2D eigenvalue weighted by Gasteiger charge is -2.12. The smallest absolute Gasteiger partial charge is 0.296 e. The van der Waals surface area contributed by atoms with Crippen LogP contribution < -0.4 is 10.1 Å². The van der Waals surface area contributed by atoms with Crippen LogP contribution in [0, 0.1) is 0 Å². The van der Waals surface area contributed by atoms with Gasteiger partial charge in [0.15, 0.2) is 5.75 Å². The molecular formula is C26H21Cl2N3O6S. The van der Waals surface area contributed by atoms with E-state index in [2.05, 4.69) is 15.5 Å². The van der Waals surface area contributed by atoms with Gasteiger partial charge in [-0.1, -0.05) is 54.4 Å². The number of halogens is 2. The van der Waals surface area contributed by atoms with Crippen molar-refractivity contribution in [3.8, 4) is 11.5 Å². The molecule has 0 aliphatic heterocycles. The molecule has 0 radical (unpaired) electrons. The number of hydrogen-bond donors (Lipinski definition) is 3. The molecule has 0 unspecified atom stereocenters. The van der Waals surface area contributed by atoms with Crippen molar-refractivity contribution in [2.45, 2.75) is 18.2 Å². The van der Waals surface area contributed by atoms with E-state index < -0.39 is 26.7 Å². The average molecular weight is 574 g/mol. The number of methoxy groups -OCH3 is 1. The zero-order chi connectivity index (χ0) is 27.6. The summed E-state index contributed by atoms with van der Waals surface area (Å²) in [6.45, 7) is 1.77. The first-order valence-corrected chi connectivity index (χ1v) is 13.3. The van der Waals surface area contributed by atoms with Gasteiger partial charge in [0, 0.05) is 16.5 Å². The molecule has 0 saturated heterocycles. The molecule has 0 spiro atoms. The van der Waals surface area contributed by atoms with Gasteiger partial charge in [-0.3, -0.25) is 9.35 Å². The Morgan fingerprint density at radius 2 is 1.76 bits per heavy atom. The molecule has 4 aromatic carbocycles. The monoisotopic (exact) mass is 573 g/mol. The second-order valence-electron chi connectivity index (χ2n) is 8.08. The van der Waals surface area contributed by atoms with E-state index in [0.29, 0.717) is 28.5 Å². The molecule has 0 heterocycles. The molecule has 0 aliphatic carbocycles. The van der Waals surface area contributed by atoms with Crippen LogP contribution in [0.5, 0.6) is 11.5 Å². The summed E-state index contributed by atoms with van der Waals surface area (Å²) in [7, 11) is -3.18. The quantitative estimate of drug-likeness (QED) is 0.156. The lowest BCUT2D eigenvalue weighted by molar-refractivity contribution is 0.102. The number of aromatic hydroxyl groups is 1. The summed E-state index contributed by atoms with van der Waals surface area (Å²) in [6, 6.07) is 15.5.